The monoisotopic (exact) mass is 716 g/mol. The summed E-state index contributed by atoms with van der Waals surface area (Å²) in [5, 5.41) is 121. The van der Waals surface area contributed by atoms with Gasteiger partial charge < -0.3 is 89.7 Å². The lowest BCUT2D eigenvalue weighted by molar-refractivity contribution is -0.352. The van der Waals surface area contributed by atoms with Gasteiger partial charge in [-0.3, -0.25) is 0 Å². The number of rotatable bonds is 12. The van der Waals surface area contributed by atoms with E-state index in [1.165, 1.54) is 12.1 Å². The van der Waals surface area contributed by atoms with E-state index in [1.807, 2.05) is 0 Å². The van der Waals surface area contributed by atoms with Crippen LogP contribution in [-0.4, -0.2) is 173 Å². The number of aliphatic hydroxyl groups is 11. The summed E-state index contributed by atoms with van der Waals surface area (Å²) in [6.45, 7) is -2.06. The van der Waals surface area contributed by atoms with Crippen LogP contribution in [0.2, 0.25) is 0 Å². The topological polar surface area (TPSA) is 298 Å². The number of benzene rings is 2. The molecule has 3 aliphatic rings. The molecule has 50 heavy (non-hydrogen) atoms. The zero-order chi connectivity index (χ0) is 36.3. The zero-order valence-electron chi connectivity index (χ0n) is 26.6. The fourth-order valence-corrected chi connectivity index (χ4v) is 5.96. The summed E-state index contributed by atoms with van der Waals surface area (Å²) in [5.41, 5.74) is 1.47. The molecule has 18 nitrogen and oxygen atoms in total. The summed E-state index contributed by atoms with van der Waals surface area (Å²) in [6, 6.07) is 11.0. The van der Waals surface area contributed by atoms with Crippen molar-refractivity contribution in [2.24, 2.45) is 0 Å². The van der Waals surface area contributed by atoms with Gasteiger partial charge in [0.15, 0.2) is 6.29 Å². The first-order valence-corrected chi connectivity index (χ1v) is 16.0. The molecule has 0 bridgehead atoms. The maximum absolute atomic E-state index is 10.9. The van der Waals surface area contributed by atoms with E-state index in [4.69, 9.17) is 28.4 Å². The van der Waals surface area contributed by atoms with Crippen LogP contribution >= 0.6 is 0 Å². The fraction of sp³-hybridized carbons (Fsp3) is 0.625. The maximum atomic E-state index is 10.9. The van der Waals surface area contributed by atoms with Crippen molar-refractivity contribution in [1.29, 1.82) is 0 Å². The Morgan fingerprint density at radius 3 is 1.54 bits per heavy atom. The third kappa shape index (κ3) is 8.47. The van der Waals surface area contributed by atoms with Crippen LogP contribution in [0.3, 0.4) is 0 Å². The summed E-state index contributed by atoms with van der Waals surface area (Å²) >= 11 is 0. The van der Waals surface area contributed by atoms with Gasteiger partial charge in [-0.1, -0.05) is 12.1 Å². The quantitative estimate of drug-likeness (QED) is 0.0983. The molecule has 0 aliphatic carbocycles. The van der Waals surface area contributed by atoms with Crippen molar-refractivity contribution in [1.82, 2.24) is 0 Å². The molecule has 15 atom stereocenters. The molecule has 15 unspecified atom stereocenters. The molecule has 3 heterocycles. The Balaban J connectivity index is 1.18. The standard InChI is InChI=1S/C32H44O18/c33-10-18-21(37)23(39)26(42)30(47-18)45-16-5-3-13(4-6-16)1-2-14-7-15(36)9-17(8-14)46-31-28(44)25(41)29(20(12-35)49-31)50-32-27(43)24(40)22(38)19(11-34)48-32/h3-9,18-44H,1-2,10-12H2. The van der Waals surface area contributed by atoms with Crippen molar-refractivity contribution < 1.29 is 89.7 Å². The molecule has 0 aromatic heterocycles. The number of phenols is 1. The number of hydrogen-bond donors (Lipinski definition) is 12. The second kappa shape index (κ2) is 16.7. The number of aliphatic hydroxyl groups excluding tert-OH is 11. The van der Waals surface area contributed by atoms with E-state index in [0.717, 1.165) is 5.56 Å². The number of aryl methyl sites for hydroxylation is 2. The molecule has 0 amide bonds. The van der Waals surface area contributed by atoms with E-state index in [9.17, 15) is 61.3 Å². The van der Waals surface area contributed by atoms with E-state index in [-0.39, 0.29) is 11.5 Å². The van der Waals surface area contributed by atoms with Crippen molar-refractivity contribution in [2.75, 3.05) is 19.8 Å². The minimum atomic E-state index is -1.81. The lowest BCUT2D eigenvalue weighted by Gasteiger charge is -2.45. The molecule has 0 radical (unpaired) electrons. The first kappa shape index (κ1) is 38.5. The molecule has 0 saturated carbocycles. The predicted octanol–water partition coefficient (Wildman–Crippen LogP) is -4.64. The number of aromatic hydroxyl groups is 1. The van der Waals surface area contributed by atoms with Crippen LogP contribution in [0, 0.1) is 0 Å². The van der Waals surface area contributed by atoms with Gasteiger partial charge in [-0.05, 0) is 48.2 Å². The first-order valence-electron chi connectivity index (χ1n) is 16.0. The van der Waals surface area contributed by atoms with E-state index in [0.29, 0.717) is 24.2 Å². The Kier molecular flexibility index (Phi) is 12.9. The summed E-state index contributed by atoms with van der Waals surface area (Å²) in [4.78, 5) is 0. The van der Waals surface area contributed by atoms with E-state index < -0.39 is 112 Å². The van der Waals surface area contributed by atoms with Gasteiger partial charge in [-0.2, -0.15) is 0 Å². The Morgan fingerprint density at radius 1 is 0.480 bits per heavy atom. The highest BCUT2D eigenvalue weighted by atomic mass is 16.7. The minimum absolute atomic E-state index is 0.0597. The number of hydrogen-bond acceptors (Lipinski definition) is 18. The average molecular weight is 717 g/mol. The van der Waals surface area contributed by atoms with E-state index >= 15 is 0 Å². The van der Waals surface area contributed by atoms with Gasteiger partial charge in [-0.25, -0.2) is 0 Å². The molecule has 18 heteroatoms. The second-order valence-corrected chi connectivity index (χ2v) is 12.4. The number of phenolic OH excluding ortho intramolecular Hbond substituents is 1. The van der Waals surface area contributed by atoms with Gasteiger partial charge >= 0.3 is 0 Å². The lowest BCUT2D eigenvalue weighted by Crippen LogP contribution is -2.65. The highest BCUT2D eigenvalue weighted by Crippen LogP contribution is 2.32. The minimum Gasteiger partial charge on any atom is -0.508 e. The van der Waals surface area contributed by atoms with Crippen LogP contribution in [0.15, 0.2) is 42.5 Å². The van der Waals surface area contributed by atoms with Crippen LogP contribution in [0.1, 0.15) is 11.1 Å². The molecule has 0 spiro atoms. The molecule has 5 rings (SSSR count). The van der Waals surface area contributed by atoms with Crippen LogP contribution in [0.25, 0.3) is 0 Å². The van der Waals surface area contributed by atoms with Crippen LogP contribution in [0.5, 0.6) is 17.2 Å². The van der Waals surface area contributed by atoms with Crippen molar-refractivity contribution in [3.63, 3.8) is 0 Å². The van der Waals surface area contributed by atoms with Gasteiger partial charge in [0, 0.05) is 6.07 Å². The highest BCUT2D eigenvalue weighted by Gasteiger charge is 2.51. The molecular weight excluding hydrogens is 672 g/mol. The molecule has 280 valence electrons. The third-order valence-electron chi connectivity index (χ3n) is 8.89. The summed E-state index contributed by atoms with van der Waals surface area (Å²) in [5.74, 6) is 0.181. The average Bonchev–Trinajstić information content (AvgIpc) is 3.11. The van der Waals surface area contributed by atoms with Crippen molar-refractivity contribution in [3.8, 4) is 17.2 Å². The Bertz CT molecular complexity index is 1360. The number of ether oxygens (including phenoxy) is 6. The van der Waals surface area contributed by atoms with Crippen molar-refractivity contribution >= 4 is 0 Å². The van der Waals surface area contributed by atoms with Gasteiger partial charge in [-0.15, -0.1) is 0 Å². The van der Waals surface area contributed by atoms with Gasteiger partial charge in [0.1, 0.15) is 90.5 Å². The molecule has 3 saturated heterocycles. The zero-order valence-corrected chi connectivity index (χ0v) is 26.6. The molecular formula is C32H44O18. The summed E-state index contributed by atoms with van der Waals surface area (Å²) in [7, 11) is 0. The maximum Gasteiger partial charge on any atom is 0.229 e. The van der Waals surface area contributed by atoms with Crippen molar-refractivity contribution in [3.05, 3.63) is 53.6 Å². The predicted molar refractivity (Wildman–Crippen MR) is 163 cm³/mol. The van der Waals surface area contributed by atoms with Gasteiger partial charge in [0.25, 0.3) is 0 Å². The second-order valence-electron chi connectivity index (χ2n) is 12.4. The van der Waals surface area contributed by atoms with Crippen LogP contribution in [0.4, 0.5) is 0 Å². The largest absolute Gasteiger partial charge is 0.508 e. The molecule has 2 aromatic carbocycles. The van der Waals surface area contributed by atoms with E-state index in [2.05, 4.69) is 0 Å². The third-order valence-corrected chi connectivity index (χ3v) is 8.89. The van der Waals surface area contributed by atoms with Crippen LogP contribution < -0.4 is 9.47 Å². The molecule has 3 fully saturated rings. The first-order chi connectivity index (χ1) is 23.8. The molecule has 12 N–H and O–H groups in total. The fourth-order valence-electron chi connectivity index (χ4n) is 5.96. The highest BCUT2D eigenvalue weighted by molar-refractivity contribution is 5.38. The van der Waals surface area contributed by atoms with Crippen molar-refractivity contribution in [2.45, 2.75) is 105 Å². The summed E-state index contributed by atoms with van der Waals surface area (Å²) in [6.07, 6.45) is -22.3. The Hall–Kier alpha value is -2.76. The Morgan fingerprint density at radius 2 is 0.960 bits per heavy atom. The lowest BCUT2D eigenvalue weighted by atomic mass is 9.97. The smallest absolute Gasteiger partial charge is 0.229 e. The Labute approximate surface area is 285 Å². The van der Waals surface area contributed by atoms with Gasteiger partial charge in [0.2, 0.25) is 12.6 Å². The van der Waals surface area contributed by atoms with Gasteiger partial charge in [0.05, 0.1) is 19.8 Å². The molecule has 2 aromatic rings. The molecule has 3 aliphatic heterocycles. The van der Waals surface area contributed by atoms with Crippen LogP contribution in [-0.2, 0) is 31.8 Å². The SMILES string of the molecule is OCC1OC(Oc2ccc(CCc3cc(O)cc(OC4OC(CO)C(OC5OC(CO)C(O)C(O)C5O)C(O)C4O)c3)cc2)C(O)C(O)C1O. The van der Waals surface area contributed by atoms with E-state index in [1.54, 1.807) is 30.3 Å². The normalized spacial score (nSPS) is 39.2. The summed E-state index contributed by atoms with van der Waals surface area (Å²) < 4.78 is 33.2.